The summed E-state index contributed by atoms with van der Waals surface area (Å²) in [7, 11) is 0. The van der Waals surface area contributed by atoms with Gasteiger partial charge in [0.15, 0.2) is 0 Å². The molecule has 11 rings (SSSR count). The number of benzene rings is 7. The van der Waals surface area contributed by atoms with E-state index in [-0.39, 0.29) is 0 Å². The highest BCUT2D eigenvalue weighted by Crippen LogP contribution is 2.65. The molecule has 0 saturated heterocycles. The van der Waals surface area contributed by atoms with Crippen LogP contribution in [-0.2, 0) is 5.41 Å². The van der Waals surface area contributed by atoms with Crippen LogP contribution in [0.1, 0.15) is 33.5 Å². The van der Waals surface area contributed by atoms with Gasteiger partial charge in [-0.05, 0) is 82.3 Å². The van der Waals surface area contributed by atoms with Gasteiger partial charge in [0.05, 0.1) is 22.0 Å². The third-order valence-electron chi connectivity index (χ3n) is 11.7. The molecule has 2 aromatic heterocycles. The van der Waals surface area contributed by atoms with Crippen LogP contribution in [0.2, 0.25) is 0 Å². The second-order valence-corrected chi connectivity index (χ2v) is 14.1. The highest BCUT2D eigenvalue weighted by molar-refractivity contribution is 6.16. The first-order valence-electron chi connectivity index (χ1n) is 18.1. The number of hydrogen-bond acceptors (Lipinski definition) is 0. The average molecular weight is 663 g/mol. The van der Waals surface area contributed by atoms with Crippen LogP contribution in [0, 0.1) is 6.92 Å². The highest BCUT2D eigenvalue weighted by atomic mass is 15.0. The summed E-state index contributed by atoms with van der Waals surface area (Å²) >= 11 is 0. The number of aryl methyl sites for hydroxylation is 1. The maximum absolute atomic E-state index is 4.01. The third kappa shape index (κ3) is 3.53. The Morgan fingerprint density at radius 3 is 1.87 bits per heavy atom. The molecule has 0 fully saturated rings. The lowest BCUT2D eigenvalue weighted by molar-refractivity contribution is 0.797. The lowest BCUT2D eigenvalue weighted by Gasteiger charge is -2.31. The van der Waals surface area contributed by atoms with E-state index in [2.05, 4.69) is 193 Å². The molecule has 2 heterocycles. The first-order valence-corrected chi connectivity index (χ1v) is 18.1. The molecule has 1 atom stereocenters. The molecule has 7 aromatic carbocycles. The Morgan fingerprint density at radius 1 is 0.500 bits per heavy atom. The minimum atomic E-state index is -0.538. The van der Waals surface area contributed by atoms with Gasteiger partial charge in [0.2, 0.25) is 0 Å². The van der Waals surface area contributed by atoms with Crippen molar-refractivity contribution >= 4 is 38.8 Å². The number of fused-ring (bicyclic) bond motifs is 16. The van der Waals surface area contributed by atoms with Crippen molar-refractivity contribution in [2.24, 2.45) is 0 Å². The summed E-state index contributed by atoms with van der Waals surface area (Å²) in [5.41, 5.74) is 18.5. The molecule has 52 heavy (non-hydrogen) atoms. The third-order valence-corrected chi connectivity index (χ3v) is 11.7. The van der Waals surface area contributed by atoms with Crippen molar-refractivity contribution in [3.63, 3.8) is 0 Å². The molecule has 2 aliphatic carbocycles. The largest absolute Gasteiger partial charge is 0.309 e. The molecule has 0 radical (unpaired) electrons. The second-order valence-electron chi connectivity index (χ2n) is 14.1. The number of allylic oxidation sites excluding steroid dienone is 2. The average Bonchev–Trinajstić information content (AvgIpc) is 3.89. The second kappa shape index (κ2) is 10.7. The first kappa shape index (κ1) is 29.1. The van der Waals surface area contributed by atoms with Gasteiger partial charge in [-0.1, -0.05) is 146 Å². The summed E-state index contributed by atoms with van der Waals surface area (Å²) in [6, 6.07) is 58.5. The SMILES string of the molecule is C=C/C=C\c1c(C)c2ccc3c(c2n1-c1ccccc1)-c1ccccc1C31c2ccccc2-c2ccc3c4ccccc4n(-c4ccccc4)c3c21. The minimum Gasteiger partial charge on any atom is -0.309 e. The van der Waals surface area contributed by atoms with E-state index in [1.807, 2.05) is 6.08 Å². The number of nitrogens with zero attached hydrogens (tertiary/aromatic N) is 2. The van der Waals surface area contributed by atoms with Gasteiger partial charge in [0, 0.05) is 44.4 Å². The molecule has 0 N–H and O–H groups in total. The van der Waals surface area contributed by atoms with Crippen LogP contribution in [-0.4, -0.2) is 9.13 Å². The molecule has 9 aromatic rings. The Balaban J connectivity index is 1.38. The summed E-state index contributed by atoms with van der Waals surface area (Å²) < 4.78 is 4.99. The van der Waals surface area contributed by atoms with Crippen molar-refractivity contribution in [1.82, 2.24) is 9.13 Å². The van der Waals surface area contributed by atoms with Crippen molar-refractivity contribution in [3.05, 3.63) is 210 Å². The predicted octanol–water partition coefficient (Wildman–Crippen LogP) is 12.6. The zero-order chi connectivity index (χ0) is 34.6. The summed E-state index contributed by atoms with van der Waals surface area (Å²) in [5.74, 6) is 0. The molecule has 1 unspecified atom stereocenters. The lowest BCUT2D eigenvalue weighted by atomic mass is 9.70. The molecule has 1 spiro atoms. The van der Waals surface area contributed by atoms with Crippen LogP contribution in [0.5, 0.6) is 0 Å². The lowest BCUT2D eigenvalue weighted by Crippen LogP contribution is -2.26. The van der Waals surface area contributed by atoms with E-state index in [0.29, 0.717) is 0 Å². The Bertz CT molecular complexity index is 2970. The fourth-order valence-electron chi connectivity index (χ4n) is 9.76. The Labute approximate surface area is 302 Å². The van der Waals surface area contributed by atoms with Crippen LogP contribution >= 0.6 is 0 Å². The molecule has 2 nitrogen and oxygen atoms in total. The normalized spacial score (nSPS) is 15.5. The van der Waals surface area contributed by atoms with E-state index in [1.54, 1.807) is 0 Å². The zero-order valence-corrected chi connectivity index (χ0v) is 28.8. The van der Waals surface area contributed by atoms with Gasteiger partial charge >= 0.3 is 0 Å². The van der Waals surface area contributed by atoms with Crippen molar-refractivity contribution in [2.75, 3.05) is 0 Å². The van der Waals surface area contributed by atoms with Crippen molar-refractivity contribution in [1.29, 1.82) is 0 Å². The number of hydrogen-bond donors (Lipinski definition) is 0. The molecule has 0 saturated carbocycles. The molecular weight excluding hydrogens is 629 g/mol. The van der Waals surface area contributed by atoms with Gasteiger partial charge in [-0.15, -0.1) is 0 Å². The van der Waals surface area contributed by atoms with Crippen LogP contribution in [0.25, 0.3) is 72.4 Å². The molecule has 2 aliphatic rings. The van der Waals surface area contributed by atoms with Crippen LogP contribution in [0.15, 0.2) is 176 Å². The Hall–Kier alpha value is -6.64. The Kier molecular flexibility index (Phi) is 5.98. The first-order chi connectivity index (χ1) is 25.7. The number of aromatic nitrogens is 2. The number of para-hydroxylation sites is 3. The molecule has 0 aliphatic heterocycles. The van der Waals surface area contributed by atoms with E-state index in [1.165, 1.54) is 94.2 Å². The van der Waals surface area contributed by atoms with Gasteiger partial charge in [-0.3, -0.25) is 0 Å². The molecule has 0 bridgehead atoms. The van der Waals surface area contributed by atoms with Gasteiger partial charge in [-0.2, -0.15) is 0 Å². The van der Waals surface area contributed by atoms with Crippen molar-refractivity contribution in [3.8, 4) is 33.6 Å². The van der Waals surface area contributed by atoms with Crippen molar-refractivity contribution < 1.29 is 0 Å². The van der Waals surface area contributed by atoms with Crippen molar-refractivity contribution in [2.45, 2.75) is 12.3 Å². The molecule has 0 amide bonds. The fourth-order valence-corrected chi connectivity index (χ4v) is 9.76. The van der Waals surface area contributed by atoms with Crippen LogP contribution in [0.3, 0.4) is 0 Å². The summed E-state index contributed by atoms with van der Waals surface area (Å²) in [5, 5.41) is 3.81. The van der Waals surface area contributed by atoms with E-state index >= 15 is 0 Å². The minimum absolute atomic E-state index is 0.538. The molecule has 244 valence electrons. The van der Waals surface area contributed by atoms with E-state index in [0.717, 1.165) is 5.69 Å². The standard InChI is InChI=1S/C50H34N2/c1-3-4-26-44-32(2)35-30-31-43-46(48(35)51(44)33-17-7-5-8-18-33)40-23-12-15-25-42(40)50(43)41-24-14-11-21-36(41)38-28-29-39-37-22-13-16-27-45(37)52(49(39)47(38)50)34-19-9-6-10-20-34/h3-31H,1H2,2H3/b26-4-. The zero-order valence-electron chi connectivity index (χ0n) is 28.8. The van der Waals surface area contributed by atoms with Crippen LogP contribution < -0.4 is 0 Å². The van der Waals surface area contributed by atoms with E-state index in [4.69, 9.17) is 0 Å². The fraction of sp³-hybridized carbons (Fsp3) is 0.0400. The quantitative estimate of drug-likeness (QED) is 0.166. The predicted molar refractivity (Wildman–Crippen MR) is 218 cm³/mol. The summed E-state index contributed by atoms with van der Waals surface area (Å²) in [6.45, 7) is 6.27. The maximum atomic E-state index is 4.01. The Morgan fingerprint density at radius 2 is 1.12 bits per heavy atom. The van der Waals surface area contributed by atoms with Gasteiger partial charge in [0.25, 0.3) is 0 Å². The van der Waals surface area contributed by atoms with E-state index < -0.39 is 5.41 Å². The van der Waals surface area contributed by atoms with Crippen LogP contribution in [0.4, 0.5) is 0 Å². The molecular formula is C50H34N2. The smallest absolute Gasteiger partial charge is 0.0747 e. The van der Waals surface area contributed by atoms with Gasteiger partial charge in [0.1, 0.15) is 0 Å². The molecule has 2 heteroatoms. The monoisotopic (exact) mass is 662 g/mol. The number of rotatable bonds is 4. The summed E-state index contributed by atoms with van der Waals surface area (Å²) in [4.78, 5) is 0. The topological polar surface area (TPSA) is 9.86 Å². The summed E-state index contributed by atoms with van der Waals surface area (Å²) in [6.07, 6.45) is 6.13. The highest BCUT2D eigenvalue weighted by Gasteiger charge is 2.54. The van der Waals surface area contributed by atoms with Gasteiger partial charge < -0.3 is 9.13 Å². The van der Waals surface area contributed by atoms with Gasteiger partial charge in [-0.25, -0.2) is 0 Å². The maximum Gasteiger partial charge on any atom is 0.0747 e. The van der Waals surface area contributed by atoms with E-state index in [9.17, 15) is 0 Å².